The molecule has 1 aliphatic rings. The van der Waals surface area contributed by atoms with Crippen LogP contribution in [0, 0.1) is 11.8 Å². The highest BCUT2D eigenvalue weighted by Crippen LogP contribution is 2.35. The van der Waals surface area contributed by atoms with Crippen molar-refractivity contribution in [2.24, 2.45) is 11.8 Å². The summed E-state index contributed by atoms with van der Waals surface area (Å²) in [7, 11) is 1.67. The smallest absolute Gasteiger partial charge is 0.158 e. The zero-order valence-electron chi connectivity index (χ0n) is 13.6. The summed E-state index contributed by atoms with van der Waals surface area (Å²) < 4.78 is 5.16. The molecule has 1 heterocycles. The van der Waals surface area contributed by atoms with Crippen LogP contribution in [0.3, 0.4) is 0 Å². The summed E-state index contributed by atoms with van der Waals surface area (Å²) in [6, 6.07) is 2.50. The van der Waals surface area contributed by atoms with Crippen LogP contribution in [-0.4, -0.2) is 29.7 Å². The minimum atomic E-state index is 0.436. The normalized spacial score (nSPS) is 25.0. The van der Waals surface area contributed by atoms with Crippen LogP contribution in [0.1, 0.15) is 45.9 Å². The van der Waals surface area contributed by atoms with Gasteiger partial charge in [-0.1, -0.05) is 20.3 Å². The van der Waals surface area contributed by atoms with Crippen molar-refractivity contribution in [3.63, 3.8) is 0 Å². The van der Waals surface area contributed by atoms with Gasteiger partial charge in [-0.15, -0.1) is 0 Å². The number of anilines is 2. The molecule has 0 amide bonds. The van der Waals surface area contributed by atoms with E-state index in [1.807, 2.05) is 6.07 Å². The van der Waals surface area contributed by atoms with E-state index in [9.17, 15) is 0 Å². The Hall–Kier alpha value is -1.36. The Labute approximate surface area is 127 Å². The van der Waals surface area contributed by atoms with Crippen LogP contribution in [0.15, 0.2) is 6.07 Å². The van der Waals surface area contributed by atoms with Crippen molar-refractivity contribution in [2.45, 2.75) is 52.7 Å². The first-order valence-corrected chi connectivity index (χ1v) is 8.05. The monoisotopic (exact) mass is 292 g/mol. The molecule has 21 heavy (non-hydrogen) atoms. The predicted molar refractivity (Wildman–Crippen MR) is 86.5 cm³/mol. The Balaban J connectivity index is 2.11. The average Bonchev–Trinajstić information content (AvgIpc) is 2.80. The highest BCUT2D eigenvalue weighted by molar-refractivity contribution is 5.48. The maximum atomic E-state index is 5.16. The number of hydrogen-bond acceptors (Lipinski definition) is 5. The molecule has 0 spiro atoms. The molecule has 3 atom stereocenters. The quantitative estimate of drug-likeness (QED) is 0.807. The predicted octanol–water partition coefficient (Wildman–Crippen LogP) is 3.29. The third kappa shape index (κ3) is 4.06. The van der Waals surface area contributed by atoms with Gasteiger partial charge in [0.2, 0.25) is 0 Å². The van der Waals surface area contributed by atoms with E-state index in [0.717, 1.165) is 29.9 Å². The van der Waals surface area contributed by atoms with Gasteiger partial charge in [0.25, 0.3) is 0 Å². The van der Waals surface area contributed by atoms with Crippen molar-refractivity contribution in [1.82, 2.24) is 9.97 Å². The fraction of sp³-hybridized carbons (Fsp3) is 0.750. The molecule has 2 N–H and O–H groups in total. The highest BCUT2D eigenvalue weighted by Gasteiger charge is 2.31. The summed E-state index contributed by atoms with van der Waals surface area (Å²) >= 11 is 0. The summed E-state index contributed by atoms with van der Waals surface area (Å²) in [6.45, 7) is 7.98. The van der Waals surface area contributed by atoms with Gasteiger partial charge in [0, 0.05) is 25.8 Å². The molecule has 0 saturated heterocycles. The molecule has 118 valence electrons. The second-order valence-corrected chi connectivity index (χ2v) is 5.87. The van der Waals surface area contributed by atoms with Gasteiger partial charge < -0.3 is 15.4 Å². The van der Waals surface area contributed by atoms with E-state index < -0.39 is 0 Å². The lowest BCUT2D eigenvalue weighted by atomic mass is 9.93. The number of aromatic nitrogens is 2. The molecule has 1 fully saturated rings. The fourth-order valence-corrected chi connectivity index (χ4v) is 3.25. The van der Waals surface area contributed by atoms with Crippen molar-refractivity contribution in [1.29, 1.82) is 0 Å². The third-order valence-electron chi connectivity index (χ3n) is 4.49. The number of ether oxygens (including phenoxy) is 1. The Morgan fingerprint density at radius 2 is 2.00 bits per heavy atom. The molecular weight excluding hydrogens is 264 g/mol. The Morgan fingerprint density at radius 1 is 1.24 bits per heavy atom. The zero-order valence-corrected chi connectivity index (χ0v) is 13.6. The van der Waals surface area contributed by atoms with Crippen LogP contribution >= 0.6 is 0 Å². The van der Waals surface area contributed by atoms with Gasteiger partial charge in [0.1, 0.15) is 18.2 Å². The molecule has 2 rings (SSSR count). The summed E-state index contributed by atoms with van der Waals surface area (Å²) in [5.74, 6) is 4.01. The van der Waals surface area contributed by atoms with Crippen LogP contribution in [0.25, 0.3) is 0 Å². The van der Waals surface area contributed by atoms with Crippen molar-refractivity contribution in [2.75, 3.05) is 24.3 Å². The topological polar surface area (TPSA) is 59.1 Å². The molecule has 1 aromatic rings. The number of rotatable bonds is 7. The Kier molecular flexibility index (Phi) is 5.79. The molecule has 3 unspecified atom stereocenters. The average molecular weight is 292 g/mol. The molecule has 1 aliphatic carbocycles. The van der Waals surface area contributed by atoms with E-state index in [-0.39, 0.29) is 0 Å². The summed E-state index contributed by atoms with van der Waals surface area (Å²) in [4.78, 5) is 9.02. The lowest BCUT2D eigenvalue weighted by Gasteiger charge is -2.22. The third-order valence-corrected chi connectivity index (χ3v) is 4.49. The van der Waals surface area contributed by atoms with Gasteiger partial charge in [0.15, 0.2) is 5.82 Å². The molecule has 0 bridgehead atoms. The molecule has 0 aliphatic heterocycles. The van der Waals surface area contributed by atoms with Crippen molar-refractivity contribution in [3.05, 3.63) is 11.9 Å². The molecule has 0 aromatic carbocycles. The van der Waals surface area contributed by atoms with Crippen LogP contribution in [0.5, 0.6) is 0 Å². The Bertz CT molecular complexity index is 428. The number of methoxy groups -OCH3 is 1. The first-order chi connectivity index (χ1) is 10.2. The first kappa shape index (κ1) is 16.0. The number of hydrogen-bond donors (Lipinski definition) is 2. The summed E-state index contributed by atoms with van der Waals surface area (Å²) in [5.41, 5.74) is 0. The maximum Gasteiger partial charge on any atom is 0.158 e. The van der Waals surface area contributed by atoms with E-state index >= 15 is 0 Å². The lowest BCUT2D eigenvalue weighted by Crippen LogP contribution is -2.25. The van der Waals surface area contributed by atoms with Crippen LogP contribution in [-0.2, 0) is 11.3 Å². The van der Waals surface area contributed by atoms with Crippen LogP contribution in [0.4, 0.5) is 11.6 Å². The summed E-state index contributed by atoms with van der Waals surface area (Å²) in [6.07, 6.45) is 3.80. The summed E-state index contributed by atoms with van der Waals surface area (Å²) in [5, 5.41) is 6.86. The van der Waals surface area contributed by atoms with Gasteiger partial charge in [-0.3, -0.25) is 0 Å². The maximum absolute atomic E-state index is 5.16. The standard InChI is InChI=1S/C16H28N4O/c1-5-12-7-8-13(11(12)3)18-15-9-14(17-6-2)19-16(20-15)10-21-4/h9,11-13H,5-8,10H2,1-4H3,(H2,17,18,19,20). The van der Waals surface area contributed by atoms with Gasteiger partial charge in [0.05, 0.1) is 0 Å². The molecule has 1 aromatic heterocycles. The fourth-order valence-electron chi connectivity index (χ4n) is 3.25. The van der Waals surface area contributed by atoms with E-state index in [1.165, 1.54) is 19.3 Å². The highest BCUT2D eigenvalue weighted by atomic mass is 16.5. The second-order valence-electron chi connectivity index (χ2n) is 5.87. The van der Waals surface area contributed by atoms with Gasteiger partial charge in [-0.05, 0) is 31.6 Å². The molecule has 5 heteroatoms. The number of nitrogens with zero attached hydrogens (tertiary/aromatic N) is 2. The van der Waals surface area contributed by atoms with Gasteiger partial charge in [-0.25, -0.2) is 9.97 Å². The van der Waals surface area contributed by atoms with Crippen LogP contribution < -0.4 is 10.6 Å². The molecule has 5 nitrogen and oxygen atoms in total. The molecule has 1 saturated carbocycles. The van der Waals surface area contributed by atoms with Gasteiger partial charge in [-0.2, -0.15) is 0 Å². The first-order valence-electron chi connectivity index (χ1n) is 8.05. The largest absolute Gasteiger partial charge is 0.377 e. The SMILES string of the molecule is CCNc1cc(NC2CCC(CC)C2C)nc(COC)n1. The van der Waals surface area contributed by atoms with Crippen molar-refractivity contribution >= 4 is 11.6 Å². The Morgan fingerprint density at radius 3 is 2.62 bits per heavy atom. The van der Waals surface area contributed by atoms with Crippen LogP contribution in [0.2, 0.25) is 0 Å². The van der Waals surface area contributed by atoms with E-state index in [0.29, 0.717) is 18.6 Å². The lowest BCUT2D eigenvalue weighted by molar-refractivity contribution is 0.178. The van der Waals surface area contributed by atoms with Crippen molar-refractivity contribution in [3.8, 4) is 0 Å². The van der Waals surface area contributed by atoms with E-state index in [2.05, 4.69) is 41.4 Å². The molecule has 0 radical (unpaired) electrons. The van der Waals surface area contributed by atoms with Crippen molar-refractivity contribution < 1.29 is 4.74 Å². The number of nitrogens with one attached hydrogen (secondary N) is 2. The van der Waals surface area contributed by atoms with E-state index in [4.69, 9.17) is 4.74 Å². The van der Waals surface area contributed by atoms with Gasteiger partial charge >= 0.3 is 0 Å². The van der Waals surface area contributed by atoms with E-state index in [1.54, 1.807) is 7.11 Å². The molecular formula is C16H28N4O. The second kappa shape index (κ2) is 7.59. The minimum absolute atomic E-state index is 0.436. The zero-order chi connectivity index (χ0) is 15.2. The minimum Gasteiger partial charge on any atom is -0.377 e.